The molecule has 1 amide bonds. The van der Waals surface area contributed by atoms with E-state index in [1.165, 1.54) is 38.0 Å². The Bertz CT molecular complexity index is 531. The number of hydrogen-bond acceptors (Lipinski definition) is 4. The number of thiazole rings is 1. The number of aryl methyl sites for hydroxylation is 1. The van der Waals surface area contributed by atoms with Crippen molar-refractivity contribution in [3.05, 3.63) is 15.6 Å². The van der Waals surface area contributed by atoms with Gasteiger partial charge in [0.1, 0.15) is 10.4 Å². The minimum absolute atomic E-state index is 0.350. The lowest BCUT2D eigenvalue weighted by atomic mass is 10.1. The van der Waals surface area contributed by atoms with E-state index < -0.39 is 11.5 Å². The number of aromatic nitrogens is 1. The number of nitrogens with zero attached hydrogens (tertiary/aromatic N) is 1. The van der Waals surface area contributed by atoms with Gasteiger partial charge in [0.2, 0.25) is 0 Å². The van der Waals surface area contributed by atoms with Crippen molar-refractivity contribution < 1.29 is 14.7 Å². The van der Waals surface area contributed by atoms with Crippen LogP contribution in [0, 0.1) is 6.92 Å². The molecule has 0 spiro atoms. The molecule has 5 nitrogen and oxygen atoms in total. The van der Waals surface area contributed by atoms with Gasteiger partial charge in [-0.2, -0.15) is 0 Å². The number of carboxylic acid groups (broad SMARTS) is 1. The van der Waals surface area contributed by atoms with Gasteiger partial charge in [-0.1, -0.05) is 12.8 Å². The molecule has 2 N–H and O–H groups in total. The normalized spacial score (nSPS) is 16.4. The molecule has 0 saturated heterocycles. The Balaban J connectivity index is 2.16. The average molecular weight is 296 g/mol. The van der Waals surface area contributed by atoms with E-state index in [1.807, 2.05) is 0 Å². The summed E-state index contributed by atoms with van der Waals surface area (Å²) in [5, 5.41) is 12.6. The van der Waals surface area contributed by atoms with Crippen LogP contribution in [0.3, 0.4) is 0 Å². The van der Waals surface area contributed by atoms with Gasteiger partial charge in [0.25, 0.3) is 5.91 Å². The molecule has 0 radical (unpaired) electrons. The van der Waals surface area contributed by atoms with Crippen molar-refractivity contribution in [1.29, 1.82) is 0 Å². The van der Waals surface area contributed by atoms with Crippen molar-refractivity contribution in [2.75, 3.05) is 0 Å². The summed E-state index contributed by atoms with van der Waals surface area (Å²) in [5.74, 6) is -0.937. The topological polar surface area (TPSA) is 79.3 Å². The third-order valence-electron chi connectivity index (χ3n) is 3.68. The fourth-order valence-electron chi connectivity index (χ4n) is 2.37. The molecule has 1 aliphatic carbocycles. The molecular formula is C14H20N2O3S. The van der Waals surface area contributed by atoms with Crippen LogP contribution < -0.4 is 5.32 Å². The number of nitrogens with one attached hydrogen (secondary N) is 1. The number of amides is 1. The minimum Gasteiger partial charge on any atom is -0.480 e. The highest BCUT2D eigenvalue weighted by Gasteiger charge is 2.31. The van der Waals surface area contributed by atoms with Gasteiger partial charge >= 0.3 is 5.97 Å². The van der Waals surface area contributed by atoms with Gasteiger partial charge in [-0.3, -0.25) is 4.79 Å². The molecule has 1 fully saturated rings. The van der Waals surface area contributed by atoms with Crippen LogP contribution in [-0.4, -0.2) is 27.5 Å². The Labute approximate surface area is 122 Å². The van der Waals surface area contributed by atoms with Crippen LogP contribution in [0.15, 0.2) is 0 Å². The summed E-state index contributed by atoms with van der Waals surface area (Å²) in [4.78, 5) is 28.3. The first-order valence-corrected chi connectivity index (χ1v) is 7.66. The Morgan fingerprint density at radius 3 is 2.50 bits per heavy atom. The van der Waals surface area contributed by atoms with Gasteiger partial charge < -0.3 is 10.4 Å². The Morgan fingerprint density at radius 1 is 1.35 bits per heavy atom. The lowest BCUT2D eigenvalue weighted by Gasteiger charge is -2.20. The van der Waals surface area contributed by atoms with E-state index in [4.69, 9.17) is 5.11 Å². The highest BCUT2D eigenvalue weighted by molar-refractivity contribution is 7.13. The maximum atomic E-state index is 12.2. The zero-order chi connectivity index (χ0) is 14.9. The zero-order valence-corrected chi connectivity index (χ0v) is 12.8. The number of hydrogen-bond donors (Lipinski definition) is 2. The highest BCUT2D eigenvalue weighted by atomic mass is 32.1. The number of carbonyl (C=O) groups excluding carboxylic acids is 1. The molecule has 0 atom stereocenters. The van der Waals surface area contributed by atoms with Crippen LogP contribution in [0.1, 0.15) is 65.8 Å². The van der Waals surface area contributed by atoms with Gasteiger partial charge in [0.15, 0.2) is 0 Å². The number of aliphatic carboxylic acids is 1. The third-order valence-corrected chi connectivity index (χ3v) is 5.00. The van der Waals surface area contributed by atoms with Crippen molar-refractivity contribution in [1.82, 2.24) is 10.3 Å². The predicted molar refractivity (Wildman–Crippen MR) is 77.2 cm³/mol. The second-order valence-electron chi connectivity index (χ2n) is 5.83. The van der Waals surface area contributed by atoms with Crippen molar-refractivity contribution >= 4 is 23.2 Å². The van der Waals surface area contributed by atoms with Crippen molar-refractivity contribution in [2.24, 2.45) is 0 Å². The fraction of sp³-hybridized carbons (Fsp3) is 0.643. The van der Waals surface area contributed by atoms with Crippen LogP contribution in [0.25, 0.3) is 0 Å². The molecular weight excluding hydrogens is 276 g/mol. The summed E-state index contributed by atoms with van der Waals surface area (Å²) in [5.41, 5.74) is -0.586. The maximum Gasteiger partial charge on any atom is 0.328 e. The monoisotopic (exact) mass is 296 g/mol. The van der Waals surface area contributed by atoms with Crippen LogP contribution in [0.5, 0.6) is 0 Å². The smallest absolute Gasteiger partial charge is 0.328 e. The van der Waals surface area contributed by atoms with Gasteiger partial charge in [-0.05, 0) is 33.6 Å². The SMILES string of the molecule is Cc1nc(C2CCCC2)sc1C(=O)NC(C)(C)C(=O)O. The molecule has 1 aliphatic rings. The molecule has 6 heteroatoms. The largest absolute Gasteiger partial charge is 0.480 e. The minimum atomic E-state index is -1.28. The van der Waals surface area contributed by atoms with Gasteiger partial charge in [-0.25, -0.2) is 9.78 Å². The van der Waals surface area contributed by atoms with Crippen molar-refractivity contribution in [3.63, 3.8) is 0 Å². The first kappa shape index (κ1) is 15.0. The molecule has 1 aromatic rings. The van der Waals surface area contributed by atoms with Crippen molar-refractivity contribution in [2.45, 2.75) is 57.9 Å². The molecule has 0 unspecified atom stereocenters. The summed E-state index contributed by atoms with van der Waals surface area (Å²) in [6.45, 7) is 4.75. The van der Waals surface area contributed by atoms with Crippen LogP contribution in [0.4, 0.5) is 0 Å². The second kappa shape index (κ2) is 5.52. The fourth-order valence-corrected chi connectivity index (χ4v) is 3.50. The summed E-state index contributed by atoms with van der Waals surface area (Å²) < 4.78 is 0. The first-order chi connectivity index (χ1) is 9.31. The van der Waals surface area contributed by atoms with Gasteiger partial charge in [0.05, 0.1) is 10.7 Å². The summed E-state index contributed by atoms with van der Waals surface area (Å²) in [7, 11) is 0. The van der Waals surface area contributed by atoms with Crippen LogP contribution in [0.2, 0.25) is 0 Å². The van der Waals surface area contributed by atoms with E-state index >= 15 is 0 Å². The molecule has 2 rings (SSSR count). The first-order valence-electron chi connectivity index (χ1n) is 6.84. The van der Waals surface area contributed by atoms with E-state index in [0.29, 0.717) is 16.5 Å². The Morgan fingerprint density at radius 2 is 1.95 bits per heavy atom. The summed E-state index contributed by atoms with van der Waals surface area (Å²) in [6, 6.07) is 0. The molecule has 1 aromatic heterocycles. The van der Waals surface area contributed by atoms with E-state index in [-0.39, 0.29) is 5.91 Å². The van der Waals surface area contributed by atoms with Gasteiger partial charge in [0, 0.05) is 5.92 Å². The quantitative estimate of drug-likeness (QED) is 0.895. The summed E-state index contributed by atoms with van der Waals surface area (Å²) >= 11 is 1.40. The highest BCUT2D eigenvalue weighted by Crippen LogP contribution is 2.37. The standard InChI is InChI=1S/C14H20N2O3S/c1-8-10(11(17)16-14(2,3)13(18)19)20-12(15-8)9-6-4-5-7-9/h9H,4-7H2,1-3H3,(H,16,17)(H,18,19). The maximum absolute atomic E-state index is 12.2. The van der Waals surface area contributed by atoms with Crippen LogP contribution >= 0.6 is 11.3 Å². The molecule has 1 heterocycles. The lowest BCUT2D eigenvalue weighted by Crippen LogP contribution is -2.49. The molecule has 110 valence electrons. The lowest BCUT2D eigenvalue weighted by molar-refractivity contribution is -0.143. The van der Waals surface area contributed by atoms with Crippen molar-refractivity contribution in [3.8, 4) is 0 Å². The molecule has 0 aliphatic heterocycles. The number of carbonyl (C=O) groups is 2. The van der Waals surface area contributed by atoms with Gasteiger partial charge in [-0.15, -0.1) is 11.3 Å². The molecule has 0 aromatic carbocycles. The van der Waals surface area contributed by atoms with E-state index in [9.17, 15) is 9.59 Å². The number of rotatable bonds is 4. The third kappa shape index (κ3) is 3.00. The average Bonchev–Trinajstić information content (AvgIpc) is 2.96. The molecule has 0 bridgehead atoms. The van der Waals surface area contributed by atoms with E-state index in [2.05, 4.69) is 10.3 Å². The summed E-state index contributed by atoms with van der Waals surface area (Å²) in [6.07, 6.45) is 4.71. The number of carboxylic acids is 1. The van der Waals surface area contributed by atoms with E-state index in [1.54, 1.807) is 6.92 Å². The van der Waals surface area contributed by atoms with E-state index in [0.717, 1.165) is 17.8 Å². The Hall–Kier alpha value is -1.43. The molecule has 20 heavy (non-hydrogen) atoms. The zero-order valence-electron chi connectivity index (χ0n) is 12.0. The Kier molecular flexibility index (Phi) is 4.13. The van der Waals surface area contributed by atoms with Crippen LogP contribution in [-0.2, 0) is 4.79 Å². The molecule has 1 saturated carbocycles. The predicted octanol–water partition coefficient (Wildman–Crippen LogP) is 2.70. The second-order valence-corrected chi connectivity index (χ2v) is 6.86.